The highest BCUT2D eigenvalue weighted by molar-refractivity contribution is 5.99. The van der Waals surface area contributed by atoms with Gasteiger partial charge in [0.05, 0.1) is 11.1 Å². The molecule has 7 heteroatoms. The van der Waals surface area contributed by atoms with E-state index in [1.54, 1.807) is 6.92 Å². The van der Waals surface area contributed by atoms with E-state index in [2.05, 4.69) is 5.32 Å². The number of anilines is 1. The summed E-state index contributed by atoms with van der Waals surface area (Å²) < 4.78 is 37.9. The number of nitrogen functional groups attached to an aromatic ring is 1. The number of carbonyl (C=O) groups excluding carboxylic acids is 1. The summed E-state index contributed by atoms with van der Waals surface area (Å²) in [7, 11) is 3.67. The molecular weight excluding hydrogens is 271 g/mol. The summed E-state index contributed by atoms with van der Waals surface area (Å²) in [6.45, 7) is 2.34. The van der Waals surface area contributed by atoms with E-state index >= 15 is 0 Å². The molecule has 0 aliphatic heterocycles. The van der Waals surface area contributed by atoms with E-state index in [4.69, 9.17) is 5.73 Å². The molecule has 4 nitrogen and oxygen atoms in total. The van der Waals surface area contributed by atoms with Crippen molar-refractivity contribution in [2.24, 2.45) is 0 Å². The third kappa shape index (κ3) is 4.41. The van der Waals surface area contributed by atoms with Gasteiger partial charge >= 0.3 is 6.18 Å². The van der Waals surface area contributed by atoms with Gasteiger partial charge in [0.1, 0.15) is 0 Å². The molecule has 0 aliphatic carbocycles. The van der Waals surface area contributed by atoms with E-state index in [1.165, 1.54) is 0 Å². The number of halogens is 3. The predicted octanol–water partition coefficient (Wildman–Crippen LogP) is 1.97. The Balaban J connectivity index is 2.92. The van der Waals surface area contributed by atoms with Crippen LogP contribution >= 0.6 is 0 Å². The van der Waals surface area contributed by atoms with Crippen molar-refractivity contribution in [3.05, 3.63) is 29.3 Å². The van der Waals surface area contributed by atoms with Crippen molar-refractivity contribution in [3.63, 3.8) is 0 Å². The van der Waals surface area contributed by atoms with Crippen LogP contribution in [0.5, 0.6) is 0 Å². The summed E-state index contributed by atoms with van der Waals surface area (Å²) in [5, 5.41) is 2.62. The lowest BCUT2D eigenvalue weighted by molar-refractivity contribution is -0.137. The highest BCUT2D eigenvalue weighted by Crippen LogP contribution is 2.31. The van der Waals surface area contributed by atoms with E-state index in [9.17, 15) is 18.0 Å². The Labute approximate surface area is 115 Å². The van der Waals surface area contributed by atoms with Crippen LogP contribution in [-0.2, 0) is 6.18 Å². The lowest BCUT2D eigenvalue weighted by atomic mass is 10.1. The number of benzene rings is 1. The molecule has 0 aromatic heterocycles. The molecule has 112 valence electrons. The van der Waals surface area contributed by atoms with Gasteiger partial charge < -0.3 is 16.0 Å². The number of alkyl halides is 3. The van der Waals surface area contributed by atoms with Gasteiger partial charge in [-0.15, -0.1) is 0 Å². The largest absolute Gasteiger partial charge is 0.416 e. The number of hydrogen-bond donors (Lipinski definition) is 2. The number of carbonyl (C=O) groups is 1. The Morgan fingerprint density at radius 2 is 2.00 bits per heavy atom. The van der Waals surface area contributed by atoms with Gasteiger partial charge in [-0.1, -0.05) is 0 Å². The molecular formula is C13H18F3N3O. The van der Waals surface area contributed by atoms with Gasteiger partial charge in [0.15, 0.2) is 0 Å². The molecule has 1 atom stereocenters. The fourth-order valence-corrected chi connectivity index (χ4v) is 1.82. The lowest BCUT2D eigenvalue weighted by Crippen LogP contribution is -2.39. The minimum atomic E-state index is -4.50. The summed E-state index contributed by atoms with van der Waals surface area (Å²) in [6.07, 6.45) is -4.50. The number of rotatable bonds is 4. The molecule has 0 bridgehead atoms. The van der Waals surface area contributed by atoms with Crippen molar-refractivity contribution in [2.75, 3.05) is 26.4 Å². The molecule has 0 aliphatic rings. The normalized spacial score (nSPS) is 13.3. The molecule has 0 saturated heterocycles. The van der Waals surface area contributed by atoms with Crippen LogP contribution in [0.15, 0.2) is 18.2 Å². The maximum absolute atomic E-state index is 12.6. The second-order valence-corrected chi connectivity index (χ2v) is 4.94. The van der Waals surface area contributed by atoms with Crippen LogP contribution in [0.2, 0.25) is 0 Å². The molecule has 1 aromatic carbocycles. The van der Waals surface area contributed by atoms with Crippen LogP contribution < -0.4 is 11.1 Å². The second-order valence-electron chi connectivity index (χ2n) is 4.94. The Kier molecular flexibility index (Phi) is 4.99. The van der Waals surface area contributed by atoms with E-state index in [0.29, 0.717) is 6.54 Å². The van der Waals surface area contributed by atoms with Crippen molar-refractivity contribution in [1.29, 1.82) is 0 Å². The maximum atomic E-state index is 12.6. The molecule has 0 radical (unpaired) electrons. The topological polar surface area (TPSA) is 58.4 Å². The SMILES string of the molecule is CC(CN(C)C)NC(=O)c1cc(C(F)(F)F)ccc1N. The first-order valence-electron chi connectivity index (χ1n) is 6.03. The fourth-order valence-electron chi connectivity index (χ4n) is 1.82. The highest BCUT2D eigenvalue weighted by atomic mass is 19.4. The third-order valence-corrected chi connectivity index (χ3v) is 2.64. The van der Waals surface area contributed by atoms with E-state index in [0.717, 1.165) is 18.2 Å². The van der Waals surface area contributed by atoms with Gasteiger partial charge in [-0.2, -0.15) is 13.2 Å². The summed E-state index contributed by atoms with van der Waals surface area (Å²) in [4.78, 5) is 13.8. The van der Waals surface area contributed by atoms with Gasteiger partial charge in [0.25, 0.3) is 5.91 Å². The van der Waals surface area contributed by atoms with Gasteiger partial charge in [0.2, 0.25) is 0 Å². The number of nitrogens with zero attached hydrogens (tertiary/aromatic N) is 1. The van der Waals surface area contributed by atoms with E-state index in [-0.39, 0.29) is 17.3 Å². The molecule has 0 fully saturated rings. The summed E-state index contributed by atoms with van der Waals surface area (Å²) in [5.41, 5.74) is 4.54. The molecule has 0 heterocycles. The Morgan fingerprint density at radius 1 is 1.40 bits per heavy atom. The zero-order chi connectivity index (χ0) is 15.5. The summed E-state index contributed by atoms with van der Waals surface area (Å²) in [6, 6.07) is 2.52. The highest BCUT2D eigenvalue weighted by Gasteiger charge is 2.31. The number of nitrogens with one attached hydrogen (secondary N) is 1. The fraction of sp³-hybridized carbons (Fsp3) is 0.462. The van der Waals surface area contributed by atoms with Crippen molar-refractivity contribution >= 4 is 11.6 Å². The monoisotopic (exact) mass is 289 g/mol. The number of amides is 1. The molecule has 20 heavy (non-hydrogen) atoms. The van der Waals surface area contributed by atoms with Crippen LogP contribution in [0.1, 0.15) is 22.8 Å². The standard InChI is InChI=1S/C13H18F3N3O/c1-8(7-19(2)3)18-12(20)10-6-9(13(14,15)16)4-5-11(10)17/h4-6,8H,7,17H2,1-3H3,(H,18,20). The van der Waals surface area contributed by atoms with Crippen molar-refractivity contribution in [3.8, 4) is 0 Å². The average molecular weight is 289 g/mol. The third-order valence-electron chi connectivity index (χ3n) is 2.64. The smallest absolute Gasteiger partial charge is 0.398 e. The molecule has 0 saturated carbocycles. The minimum Gasteiger partial charge on any atom is -0.398 e. The van der Waals surface area contributed by atoms with Gasteiger partial charge in [0, 0.05) is 18.3 Å². The first-order valence-corrected chi connectivity index (χ1v) is 6.03. The second kappa shape index (κ2) is 6.13. The van der Waals surface area contributed by atoms with Crippen LogP contribution in [0.25, 0.3) is 0 Å². The minimum absolute atomic E-state index is 0.0209. The summed E-state index contributed by atoms with van der Waals surface area (Å²) in [5.74, 6) is -0.608. The van der Waals surface area contributed by atoms with E-state index < -0.39 is 17.6 Å². The first kappa shape index (κ1) is 16.3. The Hall–Kier alpha value is -1.76. The summed E-state index contributed by atoms with van der Waals surface area (Å²) >= 11 is 0. The predicted molar refractivity (Wildman–Crippen MR) is 71.3 cm³/mol. The zero-order valence-corrected chi connectivity index (χ0v) is 11.6. The maximum Gasteiger partial charge on any atom is 0.416 e. The van der Waals surface area contributed by atoms with Gasteiger partial charge in [-0.05, 0) is 39.2 Å². The van der Waals surface area contributed by atoms with Gasteiger partial charge in [-0.25, -0.2) is 0 Å². The number of nitrogens with two attached hydrogens (primary N) is 1. The molecule has 3 N–H and O–H groups in total. The zero-order valence-electron chi connectivity index (χ0n) is 11.6. The first-order chi connectivity index (χ1) is 9.11. The average Bonchev–Trinajstić information content (AvgIpc) is 2.26. The quantitative estimate of drug-likeness (QED) is 0.833. The number of likely N-dealkylation sites (N-methyl/N-ethyl adjacent to an activating group) is 1. The molecule has 1 rings (SSSR count). The Bertz CT molecular complexity index is 486. The van der Waals surface area contributed by atoms with Crippen molar-refractivity contribution in [1.82, 2.24) is 10.2 Å². The Morgan fingerprint density at radius 3 is 2.50 bits per heavy atom. The van der Waals surface area contributed by atoms with Crippen LogP contribution in [-0.4, -0.2) is 37.5 Å². The molecule has 1 unspecified atom stereocenters. The van der Waals surface area contributed by atoms with Crippen LogP contribution in [0.4, 0.5) is 18.9 Å². The molecule has 0 spiro atoms. The lowest BCUT2D eigenvalue weighted by Gasteiger charge is -2.19. The van der Waals surface area contributed by atoms with Crippen molar-refractivity contribution in [2.45, 2.75) is 19.1 Å². The molecule has 1 amide bonds. The molecule has 1 aromatic rings. The number of hydrogen-bond acceptors (Lipinski definition) is 3. The van der Waals surface area contributed by atoms with Crippen LogP contribution in [0, 0.1) is 0 Å². The van der Waals surface area contributed by atoms with E-state index in [1.807, 2.05) is 19.0 Å². The van der Waals surface area contributed by atoms with Gasteiger partial charge in [-0.3, -0.25) is 4.79 Å². The van der Waals surface area contributed by atoms with Crippen LogP contribution in [0.3, 0.4) is 0 Å². The van der Waals surface area contributed by atoms with Crippen molar-refractivity contribution < 1.29 is 18.0 Å².